The molecule has 5 heteroatoms. The molecule has 0 aliphatic carbocycles. The Morgan fingerprint density at radius 1 is 1.59 bits per heavy atom. The average molecular weight is 315 g/mol. The normalized spacial score (nSPS) is 19.3. The lowest BCUT2D eigenvalue weighted by molar-refractivity contribution is -0.131. The van der Waals surface area contributed by atoms with Crippen LogP contribution in [0.1, 0.15) is 5.56 Å². The van der Waals surface area contributed by atoms with Crippen LogP contribution in [-0.2, 0) is 11.3 Å². The van der Waals surface area contributed by atoms with E-state index in [1.54, 1.807) is 16.7 Å². The highest BCUT2D eigenvalue weighted by Crippen LogP contribution is 2.18. The molecule has 17 heavy (non-hydrogen) atoms. The van der Waals surface area contributed by atoms with Gasteiger partial charge in [0.05, 0.1) is 6.04 Å². The van der Waals surface area contributed by atoms with Gasteiger partial charge >= 0.3 is 0 Å². The van der Waals surface area contributed by atoms with Crippen molar-refractivity contribution in [3.05, 3.63) is 34.3 Å². The van der Waals surface area contributed by atoms with Crippen molar-refractivity contribution in [3.8, 4) is 0 Å². The molecular formula is C12H15BrN2OS. The second-order valence-corrected chi connectivity index (χ2v) is 5.94. The van der Waals surface area contributed by atoms with Crippen molar-refractivity contribution in [2.45, 2.75) is 12.6 Å². The van der Waals surface area contributed by atoms with Crippen molar-refractivity contribution in [2.75, 3.05) is 18.7 Å². The van der Waals surface area contributed by atoms with E-state index in [1.165, 1.54) is 0 Å². The zero-order valence-electron chi connectivity index (χ0n) is 9.65. The molecule has 1 aromatic rings. The minimum atomic E-state index is -0.0208. The largest absolute Gasteiger partial charge is 0.340 e. The molecule has 0 radical (unpaired) electrons. The van der Waals surface area contributed by atoms with Crippen LogP contribution in [0.25, 0.3) is 0 Å². The van der Waals surface area contributed by atoms with Crippen LogP contribution >= 0.6 is 27.7 Å². The van der Waals surface area contributed by atoms with E-state index in [0.717, 1.165) is 21.7 Å². The van der Waals surface area contributed by atoms with Crippen molar-refractivity contribution in [3.63, 3.8) is 0 Å². The lowest BCUT2D eigenvalue weighted by Gasteiger charge is -2.21. The molecule has 0 aromatic heterocycles. The van der Waals surface area contributed by atoms with E-state index in [4.69, 9.17) is 0 Å². The number of carbonyl (C=O) groups is 1. The molecule has 3 nitrogen and oxygen atoms in total. The Morgan fingerprint density at radius 3 is 3.00 bits per heavy atom. The van der Waals surface area contributed by atoms with Crippen LogP contribution in [-0.4, -0.2) is 35.5 Å². The quantitative estimate of drug-likeness (QED) is 0.927. The first kappa shape index (κ1) is 12.9. The SMILES string of the molecule is CN(Cc1ccccc1Br)C(=O)[C@H]1CSCN1. The Bertz CT molecular complexity index is 407. The number of rotatable bonds is 3. The minimum Gasteiger partial charge on any atom is -0.340 e. The third kappa shape index (κ3) is 3.24. The van der Waals surface area contributed by atoms with Crippen LogP contribution in [0.15, 0.2) is 28.7 Å². The van der Waals surface area contributed by atoms with Gasteiger partial charge in [-0.25, -0.2) is 0 Å². The van der Waals surface area contributed by atoms with E-state index in [0.29, 0.717) is 6.54 Å². The predicted octanol–water partition coefficient (Wildman–Crippen LogP) is 2.07. The Balaban J connectivity index is 1.99. The number of amides is 1. The Labute approximate surface area is 114 Å². The predicted molar refractivity (Wildman–Crippen MR) is 74.9 cm³/mol. The molecule has 1 N–H and O–H groups in total. The highest BCUT2D eigenvalue weighted by atomic mass is 79.9. The monoisotopic (exact) mass is 314 g/mol. The fourth-order valence-corrected chi connectivity index (χ4v) is 3.12. The summed E-state index contributed by atoms with van der Waals surface area (Å²) in [4.78, 5) is 13.9. The molecule has 1 amide bonds. The number of benzene rings is 1. The van der Waals surface area contributed by atoms with Gasteiger partial charge < -0.3 is 4.90 Å². The standard InChI is InChI=1S/C12H15BrN2OS/c1-15(12(16)11-7-17-8-14-11)6-9-4-2-3-5-10(9)13/h2-5,11,14H,6-8H2,1H3/t11-/m1/s1. The van der Waals surface area contributed by atoms with Crippen LogP contribution in [0.4, 0.5) is 0 Å². The molecule has 1 aromatic carbocycles. The topological polar surface area (TPSA) is 32.3 Å². The van der Waals surface area contributed by atoms with E-state index in [9.17, 15) is 4.79 Å². The second-order valence-electron chi connectivity index (χ2n) is 4.06. The Morgan fingerprint density at radius 2 is 2.35 bits per heavy atom. The molecule has 1 heterocycles. The summed E-state index contributed by atoms with van der Waals surface area (Å²) in [7, 11) is 1.85. The van der Waals surface area contributed by atoms with E-state index >= 15 is 0 Å². The van der Waals surface area contributed by atoms with Gasteiger partial charge in [0, 0.05) is 29.7 Å². The van der Waals surface area contributed by atoms with Crippen LogP contribution < -0.4 is 5.32 Å². The maximum absolute atomic E-state index is 12.1. The number of likely N-dealkylation sites (N-methyl/N-ethyl adjacent to an activating group) is 1. The second kappa shape index (κ2) is 5.89. The lowest BCUT2D eigenvalue weighted by Crippen LogP contribution is -2.42. The fourth-order valence-electron chi connectivity index (χ4n) is 1.78. The van der Waals surface area contributed by atoms with Gasteiger partial charge in [-0.2, -0.15) is 0 Å². The van der Waals surface area contributed by atoms with E-state index in [1.807, 2.05) is 31.3 Å². The maximum Gasteiger partial charge on any atom is 0.240 e. The summed E-state index contributed by atoms with van der Waals surface area (Å²) in [5, 5.41) is 3.20. The summed E-state index contributed by atoms with van der Waals surface area (Å²) in [6.45, 7) is 0.642. The van der Waals surface area contributed by atoms with Gasteiger partial charge in [-0.05, 0) is 11.6 Å². The number of hydrogen-bond acceptors (Lipinski definition) is 3. The van der Waals surface area contributed by atoms with Gasteiger partial charge in [-0.1, -0.05) is 34.1 Å². The maximum atomic E-state index is 12.1. The molecule has 1 saturated heterocycles. The molecule has 0 bridgehead atoms. The molecule has 1 fully saturated rings. The molecule has 2 rings (SSSR count). The number of halogens is 1. The van der Waals surface area contributed by atoms with E-state index in [2.05, 4.69) is 21.2 Å². The number of thioether (sulfide) groups is 1. The van der Waals surface area contributed by atoms with Crippen molar-refractivity contribution >= 4 is 33.6 Å². The fraction of sp³-hybridized carbons (Fsp3) is 0.417. The molecular weight excluding hydrogens is 300 g/mol. The smallest absolute Gasteiger partial charge is 0.240 e. The van der Waals surface area contributed by atoms with Gasteiger partial charge in [0.15, 0.2) is 0 Å². The molecule has 0 unspecified atom stereocenters. The van der Waals surface area contributed by atoms with Crippen LogP contribution in [0.3, 0.4) is 0 Å². The number of nitrogens with one attached hydrogen (secondary N) is 1. The van der Waals surface area contributed by atoms with Crippen molar-refractivity contribution in [1.82, 2.24) is 10.2 Å². The van der Waals surface area contributed by atoms with Crippen LogP contribution in [0.5, 0.6) is 0 Å². The molecule has 1 aliphatic rings. The van der Waals surface area contributed by atoms with Gasteiger partial charge in [-0.3, -0.25) is 10.1 Å². The Kier molecular flexibility index (Phi) is 4.48. The van der Waals surface area contributed by atoms with Gasteiger partial charge in [0.2, 0.25) is 5.91 Å². The van der Waals surface area contributed by atoms with Gasteiger partial charge in [0.1, 0.15) is 0 Å². The molecule has 1 aliphatic heterocycles. The lowest BCUT2D eigenvalue weighted by atomic mass is 10.2. The summed E-state index contributed by atoms with van der Waals surface area (Å²) in [5.41, 5.74) is 1.13. The molecule has 0 spiro atoms. The highest BCUT2D eigenvalue weighted by molar-refractivity contribution is 9.10. The van der Waals surface area contributed by atoms with Crippen molar-refractivity contribution in [2.24, 2.45) is 0 Å². The first-order chi connectivity index (χ1) is 8.18. The minimum absolute atomic E-state index is 0.0208. The zero-order chi connectivity index (χ0) is 12.3. The highest BCUT2D eigenvalue weighted by Gasteiger charge is 2.25. The number of carbonyl (C=O) groups excluding carboxylic acids is 1. The number of hydrogen-bond donors (Lipinski definition) is 1. The van der Waals surface area contributed by atoms with Crippen LogP contribution in [0.2, 0.25) is 0 Å². The first-order valence-corrected chi connectivity index (χ1v) is 7.43. The zero-order valence-corrected chi connectivity index (χ0v) is 12.1. The first-order valence-electron chi connectivity index (χ1n) is 5.48. The number of nitrogens with zero attached hydrogens (tertiary/aromatic N) is 1. The summed E-state index contributed by atoms with van der Waals surface area (Å²) < 4.78 is 1.05. The Hall–Kier alpha value is -0.520. The summed E-state index contributed by atoms with van der Waals surface area (Å²) in [6, 6.07) is 7.97. The molecule has 92 valence electrons. The summed E-state index contributed by atoms with van der Waals surface area (Å²) in [5.74, 6) is 1.92. The van der Waals surface area contributed by atoms with E-state index < -0.39 is 0 Å². The van der Waals surface area contributed by atoms with Gasteiger partial charge in [0.25, 0.3) is 0 Å². The summed E-state index contributed by atoms with van der Waals surface area (Å²) >= 11 is 5.27. The van der Waals surface area contributed by atoms with Gasteiger partial charge in [-0.15, -0.1) is 11.8 Å². The van der Waals surface area contributed by atoms with E-state index in [-0.39, 0.29) is 11.9 Å². The van der Waals surface area contributed by atoms with Crippen molar-refractivity contribution < 1.29 is 4.79 Å². The van der Waals surface area contributed by atoms with Crippen molar-refractivity contribution in [1.29, 1.82) is 0 Å². The molecule has 1 atom stereocenters. The van der Waals surface area contributed by atoms with Crippen LogP contribution in [0, 0.1) is 0 Å². The third-order valence-corrected chi connectivity index (χ3v) is 4.47. The average Bonchev–Trinajstić information content (AvgIpc) is 2.84. The summed E-state index contributed by atoms with van der Waals surface area (Å²) in [6.07, 6.45) is 0. The third-order valence-electron chi connectivity index (χ3n) is 2.76. The molecule has 0 saturated carbocycles.